The minimum Gasteiger partial charge on any atom is -0.481 e. The molecule has 14 heavy (non-hydrogen) atoms. The van der Waals surface area contributed by atoms with E-state index in [-0.39, 0.29) is 6.42 Å². The van der Waals surface area contributed by atoms with Gasteiger partial charge in [-0.1, -0.05) is 28.1 Å². The summed E-state index contributed by atoms with van der Waals surface area (Å²) in [6, 6.07) is 5.23. The van der Waals surface area contributed by atoms with Crippen LogP contribution in [0.15, 0.2) is 22.7 Å². The molecule has 0 saturated carbocycles. The second-order valence-corrected chi connectivity index (χ2v) is 4.03. The minimum absolute atomic E-state index is 0.0521. The van der Waals surface area contributed by atoms with E-state index in [2.05, 4.69) is 15.9 Å². The number of benzene rings is 1. The van der Waals surface area contributed by atoms with E-state index >= 15 is 0 Å². The van der Waals surface area contributed by atoms with Gasteiger partial charge in [-0.05, 0) is 24.1 Å². The van der Waals surface area contributed by atoms with Gasteiger partial charge >= 0.3 is 5.97 Å². The molecule has 0 aromatic heterocycles. The number of aliphatic carboxylic acids is 1. The Morgan fingerprint density at radius 2 is 2.29 bits per heavy atom. The van der Waals surface area contributed by atoms with Crippen LogP contribution in [-0.4, -0.2) is 11.1 Å². The lowest BCUT2D eigenvalue weighted by Gasteiger charge is -2.14. The summed E-state index contributed by atoms with van der Waals surface area (Å²) < 4.78 is 0.867. The number of nitrogens with two attached hydrogens (primary N) is 1. The number of halogens is 1. The van der Waals surface area contributed by atoms with E-state index in [0.717, 1.165) is 15.6 Å². The molecule has 1 rings (SSSR count). The number of hydrogen-bond donors (Lipinski definition) is 2. The highest BCUT2D eigenvalue weighted by Crippen LogP contribution is 2.26. The lowest BCUT2D eigenvalue weighted by molar-refractivity contribution is -0.137. The van der Waals surface area contributed by atoms with Crippen molar-refractivity contribution in [1.82, 2.24) is 0 Å². The van der Waals surface area contributed by atoms with Gasteiger partial charge in [-0.25, -0.2) is 0 Å². The Labute approximate surface area is 91.1 Å². The molecule has 0 unspecified atom stereocenters. The SMILES string of the molecule is Cc1cccc(Br)c1[C@H](N)CC(=O)O. The Morgan fingerprint density at radius 1 is 1.64 bits per heavy atom. The van der Waals surface area contributed by atoms with Crippen molar-refractivity contribution in [3.8, 4) is 0 Å². The Balaban J connectivity index is 2.99. The molecule has 0 heterocycles. The molecule has 0 saturated heterocycles. The average Bonchev–Trinajstić information content (AvgIpc) is 2.01. The third kappa shape index (κ3) is 2.56. The number of hydrogen-bond acceptors (Lipinski definition) is 2. The molecule has 0 bridgehead atoms. The van der Waals surface area contributed by atoms with E-state index in [0.29, 0.717) is 0 Å². The van der Waals surface area contributed by atoms with Crippen LogP contribution in [0.2, 0.25) is 0 Å². The van der Waals surface area contributed by atoms with Crippen molar-refractivity contribution in [1.29, 1.82) is 0 Å². The van der Waals surface area contributed by atoms with Crippen LogP contribution in [0.4, 0.5) is 0 Å². The predicted molar refractivity (Wildman–Crippen MR) is 58.1 cm³/mol. The molecule has 76 valence electrons. The first-order valence-corrected chi connectivity index (χ1v) is 5.04. The summed E-state index contributed by atoms with van der Waals surface area (Å²) in [7, 11) is 0. The summed E-state index contributed by atoms with van der Waals surface area (Å²) in [5, 5.41) is 8.63. The standard InChI is InChI=1S/C10H12BrNO2/c1-6-3-2-4-7(11)10(6)8(12)5-9(13)14/h2-4,8H,5,12H2,1H3,(H,13,14)/t8-/m1/s1. The zero-order chi connectivity index (χ0) is 10.7. The number of aryl methyl sites for hydroxylation is 1. The molecule has 0 aliphatic rings. The van der Waals surface area contributed by atoms with Crippen LogP contribution in [0.1, 0.15) is 23.6 Å². The van der Waals surface area contributed by atoms with Gasteiger partial charge in [0.05, 0.1) is 6.42 Å². The average molecular weight is 258 g/mol. The van der Waals surface area contributed by atoms with Gasteiger partial charge in [-0.15, -0.1) is 0 Å². The Bertz CT molecular complexity index is 332. The zero-order valence-corrected chi connectivity index (χ0v) is 9.41. The summed E-state index contributed by atoms with van der Waals surface area (Å²) in [6.07, 6.45) is -0.0521. The lowest BCUT2D eigenvalue weighted by atomic mass is 10.00. The Hall–Kier alpha value is -0.870. The van der Waals surface area contributed by atoms with Gasteiger partial charge in [0, 0.05) is 10.5 Å². The first kappa shape index (κ1) is 11.2. The molecule has 3 N–H and O–H groups in total. The number of rotatable bonds is 3. The van der Waals surface area contributed by atoms with Crippen LogP contribution < -0.4 is 5.73 Å². The maximum absolute atomic E-state index is 10.5. The number of carboxylic acid groups (broad SMARTS) is 1. The molecule has 0 fully saturated rings. The van der Waals surface area contributed by atoms with Crippen molar-refractivity contribution in [2.75, 3.05) is 0 Å². The molecule has 0 radical (unpaired) electrons. The molecule has 4 heteroatoms. The van der Waals surface area contributed by atoms with Crippen LogP contribution in [0.5, 0.6) is 0 Å². The van der Waals surface area contributed by atoms with E-state index in [4.69, 9.17) is 10.8 Å². The monoisotopic (exact) mass is 257 g/mol. The predicted octanol–water partition coefficient (Wildman–Crippen LogP) is 2.23. The molecule has 0 spiro atoms. The van der Waals surface area contributed by atoms with Crippen molar-refractivity contribution < 1.29 is 9.90 Å². The van der Waals surface area contributed by atoms with Crippen molar-refractivity contribution in [3.05, 3.63) is 33.8 Å². The summed E-state index contributed by atoms with van der Waals surface area (Å²) in [6.45, 7) is 1.92. The first-order valence-electron chi connectivity index (χ1n) is 4.24. The molecule has 3 nitrogen and oxygen atoms in total. The second kappa shape index (κ2) is 4.57. The Morgan fingerprint density at radius 3 is 2.79 bits per heavy atom. The maximum atomic E-state index is 10.5. The molecular weight excluding hydrogens is 246 g/mol. The molecule has 0 aliphatic heterocycles. The van der Waals surface area contributed by atoms with E-state index in [1.54, 1.807) is 0 Å². The van der Waals surface area contributed by atoms with Crippen LogP contribution in [0, 0.1) is 6.92 Å². The molecule has 1 atom stereocenters. The van der Waals surface area contributed by atoms with Crippen LogP contribution in [0.25, 0.3) is 0 Å². The largest absolute Gasteiger partial charge is 0.481 e. The molecule has 0 amide bonds. The maximum Gasteiger partial charge on any atom is 0.305 e. The third-order valence-electron chi connectivity index (χ3n) is 2.04. The van der Waals surface area contributed by atoms with Crippen LogP contribution in [-0.2, 0) is 4.79 Å². The van der Waals surface area contributed by atoms with Crippen LogP contribution in [0.3, 0.4) is 0 Å². The smallest absolute Gasteiger partial charge is 0.305 e. The lowest BCUT2D eigenvalue weighted by Crippen LogP contribution is -2.16. The van der Waals surface area contributed by atoms with Crippen molar-refractivity contribution in [2.24, 2.45) is 5.73 Å². The van der Waals surface area contributed by atoms with Crippen molar-refractivity contribution >= 4 is 21.9 Å². The fourth-order valence-electron chi connectivity index (χ4n) is 1.40. The number of carbonyl (C=O) groups is 1. The highest BCUT2D eigenvalue weighted by molar-refractivity contribution is 9.10. The third-order valence-corrected chi connectivity index (χ3v) is 2.73. The molecule has 0 aliphatic carbocycles. The van der Waals surface area contributed by atoms with Gasteiger partial charge in [0.1, 0.15) is 0 Å². The van der Waals surface area contributed by atoms with Gasteiger partial charge in [-0.3, -0.25) is 4.79 Å². The highest BCUT2D eigenvalue weighted by Gasteiger charge is 2.15. The van der Waals surface area contributed by atoms with Crippen LogP contribution >= 0.6 is 15.9 Å². The topological polar surface area (TPSA) is 63.3 Å². The fraction of sp³-hybridized carbons (Fsp3) is 0.300. The summed E-state index contributed by atoms with van der Waals surface area (Å²) >= 11 is 3.36. The Kier molecular flexibility index (Phi) is 3.66. The van der Waals surface area contributed by atoms with E-state index < -0.39 is 12.0 Å². The highest BCUT2D eigenvalue weighted by atomic mass is 79.9. The number of carboxylic acids is 1. The summed E-state index contributed by atoms with van der Waals surface area (Å²) in [4.78, 5) is 10.5. The van der Waals surface area contributed by atoms with Crippen molar-refractivity contribution in [3.63, 3.8) is 0 Å². The normalized spacial score (nSPS) is 12.5. The fourth-order valence-corrected chi connectivity index (χ4v) is 2.16. The van der Waals surface area contributed by atoms with Crippen molar-refractivity contribution in [2.45, 2.75) is 19.4 Å². The molecule has 1 aromatic rings. The van der Waals surface area contributed by atoms with E-state index in [1.165, 1.54) is 0 Å². The van der Waals surface area contributed by atoms with Gasteiger partial charge in [0.25, 0.3) is 0 Å². The van der Waals surface area contributed by atoms with E-state index in [1.807, 2.05) is 25.1 Å². The van der Waals surface area contributed by atoms with Gasteiger partial charge in [0.2, 0.25) is 0 Å². The second-order valence-electron chi connectivity index (χ2n) is 3.17. The van der Waals surface area contributed by atoms with Gasteiger partial charge in [-0.2, -0.15) is 0 Å². The minimum atomic E-state index is -0.882. The summed E-state index contributed by atoms with van der Waals surface area (Å²) in [5.74, 6) is -0.882. The van der Waals surface area contributed by atoms with E-state index in [9.17, 15) is 4.79 Å². The van der Waals surface area contributed by atoms with Gasteiger partial charge < -0.3 is 10.8 Å². The summed E-state index contributed by atoms with van der Waals surface area (Å²) in [5.41, 5.74) is 7.66. The zero-order valence-electron chi connectivity index (χ0n) is 7.83. The first-order chi connectivity index (χ1) is 6.52. The molecular formula is C10H12BrNO2. The van der Waals surface area contributed by atoms with Gasteiger partial charge in [0.15, 0.2) is 0 Å². The quantitative estimate of drug-likeness (QED) is 0.873. The molecule has 1 aromatic carbocycles.